The van der Waals surface area contributed by atoms with Gasteiger partial charge in [0.05, 0.1) is 18.9 Å². The summed E-state index contributed by atoms with van der Waals surface area (Å²) in [5.41, 5.74) is 2.60. The number of H-pyrrole nitrogens is 1. The number of hydrogen-bond donors (Lipinski definition) is 2. The molecule has 1 fully saturated rings. The van der Waals surface area contributed by atoms with Gasteiger partial charge in [-0.15, -0.1) is 0 Å². The van der Waals surface area contributed by atoms with Gasteiger partial charge >= 0.3 is 0 Å². The summed E-state index contributed by atoms with van der Waals surface area (Å²) in [4.78, 5) is 0. The second-order valence-electron chi connectivity index (χ2n) is 4.25. The molecular formula is C10H18N4O3S. The standard InChI is InChI=1S/C10H18N4O3S/c1-8-10(9(2)13-12-8)7-11-18(15,16)14-3-5-17-6-4-14/h11H,3-7H2,1-2H3,(H,12,13). The Labute approximate surface area is 107 Å². The van der Waals surface area contributed by atoms with Gasteiger partial charge in [0.1, 0.15) is 0 Å². The number of rotatable bonds is 4. The molecule has 18 heavy (non-hydrogen) atoms. The van der Waals surface area contributed by atoms with Crippen molar-refractivity contribution in [3.63, 3.8) is 0 Å². The van der Waals surface area contributed by atoms with E-state index < -0.39 is 10.2 Å². The average molecular weight is 274 g/mol. The zero-order valence-corrected chi connectivity index (χ0v) is 11.4. The number of aryl methyl sites for hydroxylation is 2. The Morgan fingerprint density at radius 1 is 1.39 bits per heavy atom. The molecule has 2 N–H and O–H groups in total. The highest BCUT2D eigenvalue weighted by Crippen LogP contribution is 2.10. The zero-order chi connectivity index (χ0) is 13.2. The van der Waals surface area contributed by atoms with Gasteiger partial charge < -0.3 is 4.74 Å². The Hall–Kier alpha value is -0.960. The summed E-state index contributed by atoms with van der Waals surface area (Å²) in [5, 5.41) is 6.87. The second kappa shape index (κ2) is 5.35. The predicted molar refractivity (Wildman–Crippen MR) is 66.2 cm³/mol. The normalized spacial score (nSPS) is 18.1. The SMILES string of the molecule is Cc1n[nH]c(C)c1CNS(=O)(=O)N1CCOCC1. The molecule has 0 radical (unpaired) electrons. The molecule has 102 valence electrons. The first kappa shape index (κ1) is 13.5. The van der Waals surface area contributed by atoms with E-state index in [0.29, 0.717) is 26.3 Å². The smallest absolute Gasteiger partial charge is 0.279 e. The van der Waals surface area contributed by atoms with Crippen molar-refractivity contribution >= 4 is 10.2 Å². The molecular weight excluding hydrogens is 256 g/mol. The van der Waals surface area contributed by atoms with E-state index in [1.807, 2.05) is 13.8 Å². The molecule has 1 aliphatic rings. The summed E-state index contributed by atoms with van der Waals surface area (Å²) in [6.07, 6.45) is 0. The number of aromatic nitrogens is 2. The molecule has 0 aromatic carbocycles. The van der Waals surface area contributed by atoms with Gasteiger partial charge in [-0.05, 0) is 13.8 Å². The van der Waals surface area contributed by atoms with Crippen molar-refractivity contribution in [2.45, 2.75) is 20.4 Å². The number of ether oxygens (including phenoxy) is 1. The van der Waals surface area contributed by atoms with Gasteiger partial charge in [-0.3, -0.25) is 5.10 Å². The van der Waals surface area contributed by atoms with Crippen molar-refractivity contribution in [1.29, 1.82) is 0 Å². The van der Waals surface area contributed by atoms with Gasteiger partial charge in [-0.1, -0.05) is 0 Å². The van der Waals surface area contributed by atoms with Crippen LogP contribution in [0.3, 0.4) is 0 Å². The van der Waals surface area contributed by atoms with Crippen molar-refractivity contribution in [1.82, 2.24) is 19.2 Å². The highest BCUT2D eigenvalue weighted by atomic mass is 32.2. The van der Waals surface area contributed by atoms with E-state index in [1.54, 1.807) is 0 Å². The molecule has 0 unspecified atom stereocenters. The minimum atomic E-state index is -3.43. The predicted octanol–water partition coefficient (Wildman–Crippen LogP) is -0.307. The zero-order valence-electron chi connectivity index (χ0n) is 10.6. The molecule has 0 aliphatic carbocycles. The molecule has 0 saturated carbocycles. The van der Waals surface area contributed by atoms with Crippen LogP contribution in [0.4, 0.5) is 0 Å². The van der Waals surface area contributed by atoms with Gasteiger partial charge in [-0.25, -0.2) is 0 Å². The molecule has 0 spiro atoms. The molecule has 2 rings (SSSR count). The lowest BCUT2D eigenvalue weighted by molar-refractivity contribution is 0.0725. The van der Waals surface area contributed by atoms with E-state index in [-0.39, 0.29) is 6.54 Å². The summed E-state index contributed by atoms with van der Waals surface area (Å²) >= 11 is 0. The third-order valence-corrected chi connectivity index (χ3v) is 4.58. The topological polar surface area (TPSA) is 87.3 Å². The summed E-state index contributed by atoms with van der Waals surface area (Å²) in [6.45, 7) is 5.68. The summed E-state index contributed by atoms with van der Waals surface area (Å²) < 4.78 is 33.2. The van der Waals surface area contributed by atoms with Crippen LogP contribution in [0.15, 0.2) is 0 Å². The highest BCUT2D eigenvalue weighted by molar-refractivity contribution is 7.87. The Morgan fingerprint density at radius 2 is 2.06 bits per heavy atom. The largest absolute Gasteiger partial charge is 0.379 e. The molecule has 0 amide bonds. The van der Waals surface area contributed by atoms with E-state index in [4.69, 9.17) is 4.74 Å². The third kappa shape index (κ3) is 2.89. The van der Waals surface area contributed by atoms with Crippen LogP contribution in [-0.4, -0.2) is 49.2 Å². The molecule has 0 bridgehead atoms. The summed E-state index contributed by atoms with van der Waals surface area (Å²) in [6, 6.07) is 0. The lowest BCUT2D eigenvalue weighted by Crippen LogP contribution is -2.46. The van der Waals surface area contributed by atoms with Crippen molar-refractivity contribution in [3.05, 3.63) is 17.0 Å². The minimum Gasteiger partial charge on any atom is -0.379 e. The first-order valence-corrected chi connectivity index (χ1v) is 7.27. The fourth-order valence-electron chi connectivity index (χ4n) is 1.88. The number of morpholine rings is 1. The Balaban J connectivity index is 2.00. The molecule has 2 heterocycles. The maximum absolute atomic E-state index is 12.0. The van der Waals surface area contributed by atoms with E-state index in [0.717, 1.165) is 17.0 Å². The lowest BCUT2D eigenvalue weighted by Gasteiger charge is -2.26. The number of aromatic amines is 1. The lowest BCUT2D eigenvalue weighted by atomic mass is 10.2. The number of hydrogen-bond acceptors (Lipinski definition) is 4. The first-order valence-electron chi connectivity index (χ1n) is 5.83. The van der Waals surface area contributed by atoms with Crippen molar-refractivity contribution in [2.75, 3.05) is 26.3 Å². The van der Waals surface area contributed by atoms with Gasteiger partial charge in [0.2, 0.25) is 0 Å². The fourth-order valence-corrected chi connectivity index (χ4v) is 3.02. The quantitative estimate of drug-likeness (QED) is 0.788. The molecule has 0 atom stereocenters. The van der Waals surface area contributed by atoms with Crippen molar-refractivity contribution in [2.24, 2.45) is 0 Å². The summed E-state index contributed by atoms with van der Waals surface area (Å²) in [5.74, 6) is 0. The van der Waals surface area contributed by atoms with E-state index in [1.165, 1.54) is 4.31 Å². The minimum absolute atomic E-state index is 0.258. The van der Waals surface area contributed by atoms with Crippen molar-refractivity contribution in [3.8, 4) is 0 Å². The molecule has 1 aliphatic heterocycles. The van der Waals surface area contributed by atoms with Crippen LogP contribution < -0.4 is 4.72 Å². The maximum atomic E-state index is 12.0. The molecule has 8 heteroatoms. The summed E-state index contributed by atoms with van der Waals surface area (Å²) in [7, 11) is -3.43. The Bertz CT molecular complexity index is 486. The van der Waals surface area contributed by atoms with E-state index in [2.05, 4.69) is 14.9 Å². The van der Waals surface area contributed by atoms with Crippen LogP contribution in [0.2, 0.25) is 0 Å². The Kier molecular flexibility index (Phi) is 4.00. The maximum Gasteiger partial charge on any atom is 0.279 e. The molecule has 1 saturated heterocycles. The fraction of sp³-hybridized carbons (Fsp3) is 0.700. The van der Waals surface area contributed by atoms with Crippen LogP contribution in [0.1, 0.15) is 17.0 Å². The van der Waals surface area contributed by atoms with Gasteiger partial charge in [0.15, 0.2) is 0 Å². The van der Waals surface area contributed by atoms with Crippen LogP contribution in [0, 0.1) is 13.8 Å². The van der Waals surface area contributed by atoms with Crippen LogP contribution >= 0.6 is 0 Å². The van der Waals surface area contributed by atoms with Gasteiger partial charge in [-0.2, -0.15) is 22.5 Å². The van der Waals surface area contributed by atoms with Gasteiger partial charge in [0, 0.05) is 30.9 Å². The molecule has 1 aromatic rings. The first-order chi connectivity index (χ1) is 8.50. The van der Waals surface area contributed by atoms with Crippen LogP contribution in [0.25, 0.3) is 0 Å². The molecule has 7 nitrogen and oxygen atoms in total. The van der Waals surface area contributed by atoms with Gasteiger partial charge in [0.25, 0.3) is 10.2 Å². The van der Waals surface area contributed by atoms with E-state index in [9.17, 15) is 8.42 Å². The highest BCUT2D eigenvalue weighted by Gasteiger charge is 2.24. The number of nitrogens with zero attached hydrogens (tertiary/aromatic N) is 2. The third-order valence-electron chi connectivity index (χ3n) is 3.02. The average Bonchev–Trinajstić information content (AvgIpc) is 2.68. The van der Waals surface area contributed by atoms with Crippen LogP contribution in [0.5, 0.6) is 0 Å². The monoisotopic (exact) mass is 274 g/mol. The van der Waals surface area contributed by atoms with Crippen molar-refractivity contribution < 1.29 is 13.2 Å². The second-order valence-corrected chi connectivity index (χ2v) is 6.01. The number of nitrogens with one attached hydrogen (secondary N) is 2. The van der Waals surface area contributed by atoms with E-state index >= 15 is 0 Å². The van der Waals surface area contributed by atoms with Crippen LogP contribution in [-0.2, 0) is 21.5 Å². The Morgan fingerprint density at radius 3 is 2.61 bits per heavy atom. The molecule has 1 aromatic heterocycles.